The Bertz CT molecular complexity index is 1750. The molecule has 3 aromatic rings. The molecule has 270 valence electrons. The van der Waals surface area contributed by atoms with Crippen LogP contribution in [0.1, 0.15) is 32.1 Å². The monoisotopic (exact) mass is 717 g/mol. The van der Waals surface area contributed by atoms with E-state index in [2.05, 4.69) is 10.2 Å². The van der Waals surface area contributed by atoms with Gasteiger partial charge in [-0.3, -0.25) is 70.4 Å². The number of hydrogen-bond donors (Lipinski definition) is 4. The van der Waals surface area contributed by atoms with Crippen LogP contribution in [0.3, 0.4) is 0 Å². The third-order valence-corrected chi connectivity index (χ3v) is 7.85. The van der Waals surface area contributed by atoms with Gasteiger partial charge < -0.3 is 21.3 Å². The van der Waals surface area contributed by atoms with E-state index >= 15 is 0 Å². The molecule has 5 rings (SSSR count). The number of amides is 1. The number of non-ortho nitro benzene ring substituents is 2. The van der Waals surface area contributed by atoms with Gasteiger partial charge in [-0.25, -0.2) is 0 Å². The van der Waals surface area contributed by atoms with Crippen LogP contribution in [-0.2, 0) is 4.79 Å². The summed E-state index contributed by atoms with van der Waals surface area (Å²) in [5.74, 6) is -2.33. The molecule has 2 aliphatic heterocycles. The zero-order chi connectivity index (χ0) is 38.2. The zero-order valence-electron chi connectivity index (χ0n) is 26.0. The number of nitrogens with one attached hydrogen (secondary N) is 1. The highest BCUT2D eigenvalue weighted by atomic mass is 16.7. The summed E-state index contributed by atoms with van der Waals surface area (Å²) in [7, 11) is 0. The van der Waals surface area contributed by atoms with Gasteiger partial charge in [0.2, 0.25) is 5.91 Å². The van der Waals surface area contributed by atoms with Crippen molar-refractivity contribution in [2.24, 2.45) is 0 Å². The number of nitrogens with two attached hydrogens (primary N) is 1. The second-order valence-electron chi connectivity index (χ2n) is 10.9. The van der Waals surface area contributed by atoms with Crippen molar-refractivity contribution in [3.63, 3.8) is 0 Å². The number of phenolic OH excluding ortho intramolecular Hbond substituents is 2. The summed E-state index contributed by atoms with van der Waals surface area (Å²) in [6, 6.07) is 9.22. The fourth-order valence-electron chi connectivity index (χ4n) is 5.57. The smallest absolute Gasteiger partial charge is 0.324 e. The first-order chi connectivity index (χ1) is 23.9. The number of carbonyl (C=O) groups excluding carboxylic acids is 1. The van der Waals surface area contributed by atoms with E-state index in [4.69, 9.17) is 15.9 Å². The number of benzene rings is 3. The predicted octanol–water partition coefficient (Wildman–Crippen LogP) is 4.46. The lowest BCUT2D eigenvalue weighted by Crippen LogP contribution is -2.41. The highest BCUT2D eigenvalue weighted by Crippen LogP contribution is 2.42. The number of nitro groups is 6. The molecule has 0 radical (unpaired) electrons. The molecule has 0 unspecified atom stereocenters. The van der Waals surface area contributed by atoms with Gasteiger partial charge in [-0.15, -0.1) is 0 Å². The quantitative estimate of drug-likeness (QED) is 0.135. The SMILES string of the molecule is Nc1ccccc1NC(=O)CC12CCCN1CCC2.O=[N+]([O-])c1cc([N+](=O)[O-])c(O)c([N+](=O)[O-])c1.O=[N+]([O-])c1cc([N+](=O)[O-])c(O)c([N+](=O)[O-])c1. The van der Waals surface area contributed by atoms with Crippen LogP contribution in [-0.4, -0.2) is 69.2 Å². The van der Waals surface area contributed by atoms with Crippen molar-refractivity contribution in [3.8, 4) is 11.5 Å². The minimum absolute atomic E-state index is 0.0895. The molecule has 2 saturated heterocycles. The van der Waals surface area contributed by atoms with E-state index in [1.54, 1.807) is 0 Å². The summed E-state index contributed by atoms with van der Waals surface area (Å²) in [6.07, 6.45) is 5.36. The molecule has 51 heavy (non-hydrogen) atoms. The van der Waals surface area contributed by atoms with Gasteiger partial charge in [0.25, 0.3) is 22.9 Å². The highest BCUT2D eigenvalue weighted by Gasteiger charge is 2.45. The number of carbonyl (C=O) groups is 1. The fraction of sp³-hybridized carbons (Fsp3) is 0.296. The van der Waals surface area contributed by atoms with Crippen LogP contribution in [0.2, 0.25) is 0 Å². The molecule has 5 N–H and O–H groups in total. The molecular weight excluding hydrogens is 690 g/mol. The van der Waals surface area contributed by atoms with Gasteiger partial charge >= 0.3 is 22.7 Å². The van der Waals surface area contributed by atoms with E-state index in [0.717, 1.165) is 31.6 Å². The minimum atomic E-state index is -1.21. The molecule has 0 spiro atoms. The second kappa shape index (κ2) is 15.9. The van der Waals surface area contributed by atoms with Crippen molar-refractivity contribution in [2.75, 3.05) is 24.1 Å². The first kappa shape index (κ1) is 38.3. The summed E-state index contributed by atoms with van der Waals surface area (Å²) in [4.78, 5) is 70.3. The molecule has 2 fully saturated rings. The Hall–Kier alpha value is -7.11. The first-order valence-electron chi connectivity index (χ1n) is 14.4. The van der Waals surface area contributed by atoms with Crippen molar-refractivity contribution in [3.05, 3.63) is 109 Å². The summed E-state index contributed by atoms with van der Waals surface area (Å²) < 4.78 is 0. The molecule has 0 bridgehead atoms. The minimum Gasteiger partial charge on any atom is -0.497 e. The third kappa shape index (κ3) is 9.08. The maximum absolute atomic E-state index is 12.3. The van der Waals surface area contributed by atoms with Crippen LogP contribution in [0.25, 0.3) is 0 Å². The van der Waals surface area contributed by atoms with Crippen LogP contribution >= 0.6 is 0 Å². The number of hydrogen-bond acceptors (Lipinski definition) is 17. The van der Waals surface area contributed by atoms with Crippen molar-refractivity contribution < 1.29 is 44.5 Å². The molecule has 2 heterocycles. The van der Waals surface area contributed by atoms with Crippen LogP contribution < -0.4 is 11.1 Å². The number of aromatic hydroxyl groups is 2. The Labute approximate surface area is 283 Å². The van der Waals surface area contributed by atoms with Gasteiger partial charge in [0.15, 0.2) is 0 Å². The van der Waals surface area contributed by atoms with Crippen molar-refractivity contribution in [1.29, 1.82) is 0 Å². The lowest BCUT2D eigenvalue weighted by molar-refractivity contribution is -0.404. The molecule has 0 aliphatic carbocycles. The largest absolute Gasteiger partial charge is 0.497 e. The number of anilines is 2. The predicted molar refractivity (Wildman–Crippen MR) is 173 cm³/mol. The van der Waals surface area contributed by atoms with Crippen LogP contribution in [0, 0.1) is 60.7 Å². The standard InChI is InChI=1S/C15H21N3O.2C6H3N3O7/c16-12-5-1-2-6-13(12)17-14(19)11-15-7-3-9-18(15)10-4-8-15;2*10-6-4(8(13)14)1-3(7(11)12)2-5(6)9(15)16/h1-2,5-6H,3-4,7-11,16H2,(H,17,19);2*1-2,10H. The Balaban J connectivity index is 0.000000208. The topological polar surface area (TPSA) is 358 Å². The van der Waals surface area contributed by atoms with Gasteiger partial charge in [0.05, 0.1) is 65.2 Å². The number of nitrogen functional groups attached to an aromatic ring is 1. The Morgan fingerprint density at radius 1 is 0.686 bits per heavy atom. The highest BCUT2D eigenvalue weighted by molar-refractivity contribution is 5.94. The van der Waals surface area contributed by atoms with Crippen molar-refractivity contribution in [1.82, 2.24) is 4.90 Å². The maximum Gasteiger partial charge on any atom is 0.324 e. The van der Waals surface area contributed by atoms with Crippen LogP contribution in [0.4, 0.5) is 45.5 Å². The second-order valence-corrected chi connectivity index (χ2v) is 10.9. The number of fused-ring (bicyclic) bond motifs is 1. The molecule has 2 aliphatic rings. The van der Waals surface area contributed by atoms with E-state index in [9.17, 15) is 65.5 Å². The normalized spacial score (nSPS) is 14.0. The van der Waals surface area contributed by atoms with E-state index < -0.39 is 75.2 Å². The number of para-hydroxylation sites is 2. The average Bonchev–Trinajstić information content (AvgIpc) is 3.62. The number of nitrogens with zero attached hydrogens (tertiary/aromatic N) is 7. The average molecular weight is 718 g/mol. The molecular formula is C27H27N9O15. The van der Waals surface area contributed by atoms with Crippen LogP contribution in [0.5, 0.6) is 11.5 Å². The lowest BCUT2D eigenvalue weighted by atomic mass is 9.90. The molecule has 24 nitrogen and oxygen atoms in total. The lowest BCUT2D eigenvalue weighted by Gasteiger charge is -2.31. The van der Waals surface area contributed by atoms with Gasteiger partial charge in [0.1, 0.15) is 0 Å². The van der Waals surface area contributed by atoms with E-state index in [0.29, 0.717) is 36.4 Å². The van der Waals surface area contributed by atoms with Crippen molar-refractivity contribution in [2.45, 2.75) is 37.6 Å². The van der Waals surface area contributed by atoms with Gasteiger partial charge in [-0.2, -0.15) is 0 Å². The summed E-state index contributed by atoms with van der Waals surface area (Å²) in [5, 5.41) is 83.4. The maximum atomic E-state index is 12.3. The Morgan fingerprint density at radius 2 is 1.06 bits per heavy atom. The summed E-state index contributed by atoms with van der Waals surface area (Å²) in [6.45, 7) is 2.31. The Kier molecular flexibility index (Phi) is 11.9. The van der Waals surface area contributed by atoms with Gasteiger partial charge in [-0.05, 0) is 50.9 Å². The number of nitro benzene ring substituents is 6. The van der Waals surface area contributed by atoms with Crippen LogP contribution in [0.15, 0.2) is 48.5 Å². The molecule has 24 heteroatoms. The number of rotatable bonds is 9. The molecule has 1 amide bonds. The third-order valence-electron chi connectivity index (χ3n) is 7.85. The fourth-order valence-corrected chi connectivity index (χ4v) is 5.57. The van der Waals surface area contributed by atoms with Crippen molar-refractivity contribution >= 4 is 51.4 Å². The molecule has 0 atom stereocenters. The van der Waals surface area contributed by atoms with E-state index in [1.807, 2.05) is 24.3 Å². The first-order valence-corrected chi connectivity index (χ1v) is 14.4. The van der Waals surface area contributed by atoms with Gasteiger partial charge in [0, 0.05) is 12.0 Å². The van der Waals surface area contributed by atoms with E-state index in [-0.39, 0.29) is 11.4 Å². The zero-order valence-corrected chi connectivity index (χ0v) is 26.0. The molecule has 0 saturated carbocycles. The number of phenols is 2. The Morgan fingerprint density at radius 3 is 1.39 bits per heavy atom. The summed E-state index contributed by atoms with van der Waals surface area (Å²) >= 11 is 0. The molecule has 3 aromatic carbocycles. The molecule has 0 aromatic heterocycles. The van der Waals surface area contributed by atoms with Gasteiger partial charge in [-0.1, -0.05) is 12.1 Å². The van der Waals surface area contributed by atoms with E-state index in [1.165, 1.54) is 12.8 Å². The summed E-state index contributed by atoms with van der Waals surface area (Å²) in [5.41, 5.74) is 1.34.